The van der Waals surface area contributed by atoms with E-state index in [1.807, 2.05) is 71.0 Å². The SMILES string of the molecule is Cc1nc2cc(NC(=O)C(C)C)cc(C(=O)N(CC3CCC(=O)N3)C(C)C)c2n1Cc1ccccc1. The van der Waals surface area contributed by atoms with Crippen LogP contribution in [-0.4, -0.2) is 50.8 Å². The monoisotopic (exact) mass is 489 g/mol. The highest BCUT2D eigenvalue weighted by Gasteiger charge is 2.29. The molecular weight excluding hydrogens is 454 g/mol. The van der Waals surface area contributed by atoms with Crippen molar-refractivity contribution < 1.29 is 14.4 Å². The first-order valence-electron chi connectivity index (χ1n) is 12.6. The number of nitrogens with zero attached hydrogens (tertiary/aromatic N) is 3. The van der Waals surface area contributed by atoms with Crippen molar-refractivity contribution in [1.82, 2.24) is 19.8 Å². The fraction of sp³-hybridized carbons (Fsp3) is 0.429. The molecule has 1 aromatic heterocycles. The molecule has 3 amide bonds. The summed E-state index contributed by atoms with van der Waals surface area (Å²) in [7, 11) is 0. The average molecular weight is 490 g/mol. The maximum atomic E-state index is 14.1. The molecule has 0 saturated carbocycles. The molecule has 8 nitrogen and oxygen atoms in total. The molecule has 1 saturated heterocycles. The maximum absolute atomic E-state index is 14.1. The summed E-state index contributed by atoms with van der Waals surface area (Å²) in [4.78, 5) is 44.9. The van der Waals surface area contributed by atoms with Crippen LogP contribution in [0.25, 0.3) is 11.0 Å². The molecule has 2 N–H and O–H groups in total. The predicted octanol–water partition coefficient (Wildman–Crippen LogP) is 4.12. The van der Waals surface area contributed by atoms with Gasteiger partial charge in [0.05, 0.1) is 16.6 Å². The molecule has 4 rings (SSSR count). The maximum Gasteiger partial charge on any atom is 0.256 e. The van der Waals surface area contributed by atoms with Crippen LogP contribution in [0.5, 0.6) is 0 Å². The molecular formula is C28H35N5O3. The summed E-state index contributed by atoms with van der Waals surface area (Å²) in [5.74, 6) is 0.340. The fourth-order valence-electron chi connectivity index (χ4n) is 4.60. The highest BCUT2D eigenvalue weighted by Crippen LogP contribution is 2.28. The van der Waals surface area contributed by atoms with Gasteiger partial charge in [-0.3, -0.25) is 14.4 Å². The Morgan fingerprint density at radius 2 is 1.89 bits per heavy atom. The van der Waals surface area contributed by atoms with E-state index in [0.717, 1.165) is 16.9 Å². The van der Waals surface area contributed by atoms with Crippen molar-refractivity contribution in [2.45, 2.75) is 66.1 Å². The minimum absolute atomic E-state index is 0.0218. The zero-order chi connectivity index (χ0) is 26.0. The van der Waals surface area contributed by atoms with Crippen molar-refractivity contribution in [3.05, 3.63) is 59.4 Å². The second-order valence-corrected chi connectivity index (χ2v) is 10.1. The molecule has 0 aliphatic carbocycles. The lowest BCUT2D eigenvalue weighted by Gasteiger charge is -2.30. The number of carbonyl (C=O) groups is 3. The topological polar surface area (TPSA) is 96.3 Å². The molecule has 190 valence electrons. The Morgan fingerprint density at radius 3 is 2.50 bits per heavy atom. The van der Waals surface area contributed by atoms with E-state index in [1.165, 1.54) is 0 Å². The number of aryl methyl sites for hydroxylation is 1. The van der Waals surface area contributed by atoms with Gasteiger partial charge in [0.2, 0.25) is 11.8 Å². The van der Waals surface area contributed by atoms with Crippen molar-refractivity contribution in [3.63, 3.8) is 0 Å². The third-order valence-corrected chi connectivity index (χ3v) is 6.62. The number of nitrogens with one attached hydrogen (secondary N) is 2. The highest BCUT2D eigenvalue weighted by atomic mass is 16.2. The number of aromatic nitrogens is 2. The van der Waals surface area contributed by atoms with Gasteiger partial charge in [0.25, 0.3) is 5.91 Å². The Labute approximate surface area is 212 Å². The van der Waals surface area contributed by atoms with E-state index >= 15 is 0 Å². The molecule has 3 aromatic rings. The molecule has 2 heterocycles. The Balaban J connectivity index is 1.81. The number of benzene rings is 2. The van der Waals surface area contributed by atoms with Gasteiger partial charge >= 0.3 is 0 Å². The molecule has 8 heteroatoms. The number of imidazole rings is 1. The summed E-state index contributed by atoms with van der Waals surface area (Å²) in [6.45, 7) is 10.5. The van der Waals surface area contributed by atoms with E-state index in [9.17, 15) is 14.4 Å². The number of hydrogen-bond donors (Lipinski definition) is 2. The summed E-state index contributed by atoms with van der Waals surface area (Å²) in [5, 5.41) is 5.91. The van der Waals surface area contributed by atoms with Crippen LogP contribution in [0.3, 0.4) is 0 Å². The second-order valence-electron chi connectivity index (χ2n) is 10.1. The van der Waals surface area contributed by atoms with Crippen LogP contribution in [0, 0.1) is 12.8 Å². The van der Waals surface area contributed by atoms with Gasteiger partial charge in [-0.1, -0.05) is 44.2 Å². The normalized spacial score (nSPS) is 15.5. The average Bonchev–Trinajstić information content (AvgIpc) is 3.39. The molecule has 1 atom stereocenters. The third-order valence-electron chi connectivity index (χ3n) is 6.62. The van der Waals surface area contributed by atoms with Crippen LogP contribution >= 0.6 is 0 Å². The molecule has 1 unspecified atom stereocenters. The molecule has 0 bridgehead atoms. The Hall–Kier alpha value is -3.68. The zero-order valence-electron chi connectivity index (χ0n) is 21.7. The minimum Gasteiger partial charge on any atom is -0.352 e. The largest absolute Gasteiger partial charge is 0.352 e. The Bertz CT molecular complexity index is 1280. The van der Waals surface area contributed by atoms with Gasteiger partial charge in [-0.05, 0) is 44.9 Å². The lowest BCUT2D eigenvalue weighted by molar-refractivity contribution is -0.120. The first kappa shape index (κ1) is 25.4. The van der Waals surface area contributed by atoms with Crippen molar-refractivity contribution in [2.24, 2.45) is 5.92 Å². The van der Waals surface area contributed by atoms with E-state index in [1.54, 1.807) is 11.0 Å². The predicted molar refractivity (Wildman–Crippen MR) is 141 cm³/mol. The number of carbonyl (C=O) groups excluding carboxylic acids is 3. The van der Waals surface area contributed by atoms with Crippen molar-refractivity contribution in [2.75, 3.05) is 11.9 Å². The van der Waals surface area contributed by atoms with Crippen LogP contribution in [0.15, 0.2) is 42.5 Å². The first-order valence-corrected chi connectivity index (χ1v) is 12.6. The summed E-state index contributed by atoms with van der Waals surface area (Å²) in [5.41, 5.74) is 3.54. The van der Waals surface area contributed by atoms with E-state index < -0.39 is 0 Å². The van der Waals surface area contributed by atoms with Crippen LogP contribution in [-0.2, 0) is 16.1 Å². The van der Waals surface area contributed by atoms with Gasteiger partial charge in [-0.2, -0.15) is 0 Å². The van der Waals surface area contributed by atoms with Crippen LogP contribution in [0.1, 0.15) is 62.3 Å². The number of fused-ring (bicyclic) bond motifs is 1. The van der Waals surface area contributed by atoms with Gasteiger partial charge in [0, 0.05) is 43.2 Å². The number of amides is 3. The fourth-order valence-corrected chi connectivity index (χ4v) is 4.60. The number of rotatable bonds is 8. The van der Waals surface area contributed by atoms with Crippen LogP contribution in [0.4, 0.5) is 5.69 Å². The quantitative estimate of drug-likeness (QED) is 0.498. The molecule has 0 radical (unpaired) electrons. The standard InChI is InChI=1S/C28H35N5O3/c1-17(2)27(35)31-22-13-23(28(36)32(18(3)4)16-21-11-12-25(34)30-21)26-24(14-22)29-19(5)33(26)15-20-9-7-6-8-10-20/h6-10,13-14,17-18,21H,11-12,15-16H2,1-5H3,(H,30,34)(H,31,35). The minimum atomic E-state index is -0.199. The Morgan fingerprint density at radius 1 is 1.17 bits per heavy atom. The van der Waals surface area contributed by atoms with Crippen LogP contribution < -0.4 is 10.6 Å². The summed E-state index contributed by atoms with van der Waals surface area (Å²) in [6.07, 6.45) is 1.19. The van der Waals surface area contributed by atoms with Gasteiger partial charge in [0.1, 0.15) is 5.82 Å². The lowest BCUT2D eigenvalue weighted by atomic mass is 10.1. The molecule has 1 fully saturated rings. The number of anilines is 1. The summed E-state index contributed by atoms with van der Waals surface area (Å²) >= 11 is 0. The van der Waals surface area contributed by atoms with Gasteiger partial charge in [-0.15, -0.1) is 0 Å². The lowest BCUT2D eigenvalue weighted by Crippen LogP contribution is -2.45. The second kappa shape index (κ2) is 10.5. The van der Waals surface area contributed by atoms with Crippen molar-refractivity contribution >= 4 is 34.4 Å². The summed E-state index contributed by atoms with van der Waals surface area (Å²) in [6, 6.07) is 13.5. The zero-order valence-corrected chi connectivity index (χ0v) is 21.7. The Kier molecular flexibility index (Phi) is 7.43. The van der Waals surface area contributed by atoms with Crippen molar-refractivity contribution in [3.8, 4) is 0 Å². The van der Waals surface area contributed by atoms with E-state index in [0.29, 0.717) is 42.7 Å². The molecule has 36 heavy (non-hydrogen) atoms. The van der Waals surface area contributed by atoms with Gasteiger partial charge < -0.3 is 20.1 Å². The smallest absolute Gasteiger partial charge is 0.256 e. The molecule has 0 spiro atoms. The van der Waals surface area contributed by atoms with Gasteiger partial charge in [0.15, 0.2) is 0 Å². The highest BCUT2D eigenvalue weighted by molar-refractivity contribution is 6.08. The van der Waals surface area contributed by atoms with Gasteiger partial charge in [-0.25, -0.2) is 4.98 Å². The molecule has 2 aromatic carbocycles. The molecule has 1 aliphatic heterocycles. The van der Waals surface area contributed by atoms with Crippen molar-refractivity contribution in [1.29, 1.82) is 0 Å². The van der Waals surface area contributed by atoms with E-state index in [4.69, 9.17) is 4.98 Å². The number of hydrogen-bond acceptors (Lipinski definition) is 4. The molecule has 1 aliphatic rings. The third kappa shape index (κ3) is 5.42. The summed E-state index contributed by atoms with van der Waals surface area (Å²) < 4.78 is 2.06. The van der Waals surface area contributed by atoms with E-state index in [-0.39, 0.29) is 35.7 Å². The van der Waals surface area contributed by atoms with Crippen LogP contribution in [0.2, 0.25) is 0 Å². The first-order chi connectivity index (χ1) is 17.1. The van der Waals surface area contributed by atoms with E-state index in [2.05, 4.69) is 15.2 Å².